The third kappa shape index (κ3) is 5.36. The Morgan fingerprint density at radius 3 is 1.63 bits per heavy atom. The summed E-state index contributed by atoms with van der Waals surface area (Å²) in [6, 6.07) is 78.8. The Labute approximate surface area is 315 Å². The lowest BCUT2D eigenvalue weighted by molar-refractivity contribution is 1.18. The van der Waals surface area contributed by atoms with Crippen LogP contribution in [0.25, 0.3) is 71.6 Å². The molecule has 1 aromatic heterocycles. The molecule has 254 valence electrons. The van der Waals surface area contributed by atoms with Crippen LogP contribution in [-0.2, 0) is 0 Å². The molecular formula is C52H36N2. The largest absolute Gasteiger partial charge is 0.310 e. The van der Waals surface area contributed by atoms with Crippen molar-refractivity contribution in [1.29, 1.82) is 0 Å². The van der Waals surface area contributed by atoms with Crippen LogP contribution in [0, 0.1) is 0 Å². The van der Waals surface area contributed by atoms with Gasteiger partial charge in [-0.1, -0.05) is 164 Å². The van der Waals surface area contributed by atoms with Crippen LogP contribution in [-0.4, -0.2) is 4.57 Å². The molecule has 9 aromatic carbocycles. The molecule has 0 saturated carbocycles. The average molecular weight is 689 g/mol. The van der Waals surface area contributed by atoms with Crippen molar-refractivity contribution >= 4 is 49.6 Å². The number of fused-ring (bicyclic) bond motifs is 4. The van der Waals surface area contributed by atoms with E-state index in [0.717, 1.165) is 22.7 Å². The quantitative estimate of drug-likeness (QED) is 0.162. The lowest BCUT2D eigenvalue weighted by Gasteiger charge is -2.28. The molecule has 0 saturated heterocycles. The maximum atomic E-state index is 2.39. The highest BCUT2D eigenvalue weighted by Gasteiger charge is 2.21. The van der Waals surface area contributed by atoms with E-state index in [9.17, 15) is 0 Å². The highest BCUT2D eigenvalue weighted by Crippen LogP contribution is 2.46. The molecule has 0 radical (unpaired) electrons. The van der Waals surface area contributed by atoms with Crippen molar-refractivity contribution < 1.29 is 0 Å². The van der Waals surface area contributed by atoms with Gasteiger partial charge in [-0.3, -0.25) is 0 Å². The van der Waals surface area contributed by atoms with Crippen LogP contribution in [0.2, 0.25) is 0 Å². The Hall–Kier alpha value is -7.16. The summed E-state index contributed by atoms with van der Waals surface area (Å²) in [5.41, 5.74) is 14.1. The van der Waals surface area contributed by atoms with E-state index >= 15 is 0 Å². The predicted molar refractivity (Wildman–Crippen MR) is 229 cm³/mol. The van der Waals surface area contributed by atoms with Gasteiger partial charge in [0, 0.05) is 33.4 Å². The van der Waals surface area contributed by atoms with Gasteiger partial charge in [0.1, 0.15) is 0 Å². The molecule has 0 amide bonds. The lowest BCUT2D eigenvalue weighted by Crippen LogP contribution is -2.11. The van der Waals surface area contributed by atoms with Crippen molar-refractivity contribution in [3.05, 3.63) is 218 Å². The summed E-state index contributed by atoms with van der Waals surface area (Å²) >= 11 is 0. The number of anilines is 3. The van der Waals surface area contributed by atoms with Gasteiger partial charge in [0.25, 0.3) is 0 Å². The van der Waals surface area contributed by atoms with E-state index in [1.165, 1.54) is 66.0 Å². The van der Waals surface area contributed by atoms with Gasteiger partial charge in [-0.25, -0.2) is 0 Å². The number of rotatable bonds is 7. The minimum absolute atomic E-state index is 1.10. The zero-order valence-electron chi connectivity index (χ0n) is 29.7. The number of nitrogens with zero attached hydrogens (tertiary/aromatic N) is 2. The van der Waals surface area contributed by atoms with Crippen molar-refractivity contribution in [2.45, 2.75) is 0 Å². The highest BCUT2D eigenvalue weighted by molar-refractivity contribution is 6.17. The minimum Gasteiger partial charge on any atom is -0.310 e. The van der Waals surface area contributed by atoms with Gasteiger partial charge in [-0.2, -0.15) is 0 Å². The van der Waals surface area contributed by atoms with Crippen LogP contribution in [0.4, 0.5) is 17.1 Å². The third-order valence-electron chi connectivity index (χ3n) is 10.6. The van der Waals surface area contributed by atoms with E-state index in [4.69, 9.17) is 0 Å². The van der Waals surface area contributed by atoms with Crippen LogP contribution in [0.5, 0.6) is 0 Å². The van der Waals surface area contributed by atoms with Gasteiger partial charge >= 0.3 is 0 Å². The molecule has 0 aliphatic rings. The van der Waals surface area contributed by atoms with E-state index in [1.54, 1.807) is 0 Å². The van der Waals surface area contributed by atoms with Crippen molar-refractivity contribution in [1.82, 2.24) is 4.57 Å². The summed E-state index contributed by atoms with van der Waals surface area (Å²) in [6.07, 6.45) is 0. The molecule has 54 heavy (non-hydrogen) atoms. The zero-order chi connectivity index (χ0) is 35.8. The van der Waals surface area contributed by atoms with Gasteiger partial charge in [0.05, 0.1) is 16.7 Å². The fraction of sp³-hybridized carbons (Fsp3) is 0. The molecule has 0 bridgehead atoms. The third-order valence-corrected chi connectivity index (χ3v) is 10.6. The topological polar surface area (TPSA) is 8.17 Å². The van der Waals surface area contributed by atoms with Gasteiger partial charge in [0.2, 0.25) is 0 Å². The molecule has 0 spiro atoms. The van der Waals surface area contributed by atoms with Gasteiger partial charge in [-0.15, -0.1) is 0 Å². The Balaban J connectivity index is 1.15. The molecule has 0 aliphatic heterocycles. The molecule has 0 unspecified atom stereocenters. The Morgan fingerprint density at radius 1 is 0.315 bits per heavy atom. The Morgan fingerprint density at radius 2 is 0.833 bits per heavy atom. The minimum atomic E-state index is 1.10. The van der Waals surface area contributed by atoms with Crippen LogP contribution in [0.15, 0.2) is 218 Å². The molecule has 0 fully saturated rings. The Kier molecular flexibility index (Phi) is 7.85. The normalized spacial score (nSPS) is 11.3. The number of hydrogen-bond donors (Lipinski definition) is 0. The van der Waals surface area contributed by atoms with Crippen molar-refractivity contribution in [2.75, 3.05) is 4.90 Å². The summed E-state index contributed by atoms with van der Waals surface area (Å²) in [5, 5.41) is 5.01. The van der Waals surface area contributed by atoms with E-state index in [0.29, 0.717) is 0 Å². The molecule has 2 nitrogen and oxygen atoms in total. The summed E-state index contributed by atoms with van der Waals surface area (Å²) < 4.78 is 2.39. The monoisotopic (exact) mass is 688 g/mol. The second kappa shape index (κ2) is 13.4. The predicted octanol–water partition coefficient (Wildman–Crippen LogP) is 14.4. The van der Waals surface area contributed by atoms with E-state index in [1.807, 2.05) is 0 Å². The van der Waals surface area contributed by atoms with E-state index in [-0.39, 0.29) is 0 Å². The summed E-state index contributed by atoms with van der Waals surface area (Å²) in [7, 11) is 0. The zero-order valence-corrected chi connectivity index (χ0v) is 29.7. The number of aromatic nitrogens is 1. The van der Waals surface area contributed by atoms with Crippen LogP contribution < -0.4 is 4.90 Å². The first-order valence-electron chi connectivity index (χ1n) is 18.5. The molecule has 10 rings (SSSR count). The molecule has 0 aliphatic carbocycles. The van der Waals surface area contributed by atoms with Gasteiger partial charge < -0.3 is 9.47 Å². The molecule has 0 atom stereocenters. The van der Waals surface area contributed by atoms with Crippen molar-refractivity contribution in [3.8, 4) is 39.1 Å². The molecule has 10 aromatic rings. The maximum Gasteiger partial charge on any atom is 0.0547 e. The smallest absolute Gasteiger partial charge is 0.0547 e. The fourth-order valence-electron chi connectivity index (χ4n) is 8.22. The molecule has 2 heteroatoms. The van der Waals surface area contributed by atoms with E-state index < -0.39 is 0 Å². The summed E-state index contributed by atoms with van der Waals surface area (Å²) in [4.78, 5) is 2.39. The fourth-order valence-corrected chi connectivity index (χ4v) is 8.22. The first-order chi connectivity index (χ1) is 26.8. The van der Waals surface area contributed by atoms with Crippen LogP contribution >= 0.6 is 0 Å². The van der Waals surface area contributed by atoms with Crippen LogP contribution in [0.1, 0.15) is 0 Å². The second-order valence-electron chi connectivity index (χ2n) is 13.7. The van der Waals surface area contributed by atoms with Crippen molar-refractivity contribution in [3.63, 3.8) is 0 Å². The Bertz CT molecular complexity index is 2920. The van der Waals surface area contributed by atoms with Gasteiger partial charge in [-0.05, 0) is 93.2 Å². The second-order valence-corrected chi connectivity index (χ2v) is 13.7. The molecule has 0 N–H and O–H groups in total. The van der Waals surface area contributed by atoms with E-state index in [2.05, 4.69) is 228 Å². The summed E-state index contributed by atoms with van der Waals surface area (Å²) in [6.45, 7) is 0. The first-order valence-corrected chi connectivity index (χ1v) is 18.5. The number of para-hydroxylation sites is 4. The number of hydrogen-bond acceptors (Lipinski definition) is 1. The van der Waals surface area contributed by atoms with Crippen molar-refractivity contribution in [2.24, 2.45) is 0 Å². The first kappa shape index (κ1) is 31.6. The lowest BCUT2D eigenvalue weighted by atomic mass is 9.90. The van der Waals surface area contributed by atoms with Gasteiger partial charge in [0.15, 0.2) is 0 Å². The highest BCUT2D eigenvalue weighted by atomic mass is 15.1. The molecule has 1 heterocycles. The summed E-state index contributed by atoms with van der Waals surface area (Å²) in [5.74, 6) is 0. The SMILES string of the molecule is c1ccc(N(c2ccc(-c3cccc4ccccc34)cc2)c2ccccc2-c2ccccc2-c2cccc3c2c2ccccc2n3-c2ccccc2)cc1. The molecular weight excluding hydrogens is 653 g/mol. The number of benzene rings is 9. The van der Waals surface area contributed by atoms with Crippen LogP contribution in [0.3, 0.4) is 0 Å². The maximum absolute atomic E-state index is 2.39. The standard InChI is InChI=1S/C52H36N2/c1-3-19-39(20-4-1)53(41-35-33-38(34-36-41)43-28-15-18-37-17-7-8-23-42(37)43)49-30-13-11-26-46(49)44-24-9-10-25-45(44)47-29-16-32-51-52(47)48-27-12-14-31-50(48)54(51)40-21-5-2-6-22-40/h1-36H. The average Bonchev–Trinajstić information content (AvgIpc) is 3.59.